The summed E-state index contributed by atoms with van der Waals surface area (Å²) in [6.07, 6.45) is -3.91. The van der Waals surface area contributed by atoms with Crippen molar-refractivity contribution in [1.82, 2.24) is 0 Å². The van der Waals surface area contributed by atoms with Crippen molar-refractivity contribution in [2.45, 2.75) is 89.3 Å². The summed E-state index contributed by atoms with van der Waals surface area (Å²) in [6, 6.07) is 3.57. The molecule has 10 heteroatoms. The van der Waals surface area contributed by atoms with Gasteiger partial charge in [-0.3, -0.25) is 0 Å². The van der Waals surface area contributed by atoms with Crippen LogP contribution in [0.1, 0.15) is 87.3 Å². The molecule has 0 heterocycles. The van der Waals surface area contributed by atoms with Crippen molar-refractivity contribution in [3.8, 4) is 5.75 Å². The van der Waals surface area contributed by atoms with Crippen molar-refractivity contribution >= 4 is 0 Å². The lowest BCUT2D eigenvalue weighted by Gasteiger charge is -2.39. The maximum Gasteiger partial charge on any atom is 0.422 e. The molecule has 0 unspecified atom stereocenters. The first-order chi connectivity index (χ1) is 18.3. The van der Waals surface area contributed by atoms with Gasteiger partial charge in [0.25, 0.3) is 0 Å². The van der Waals surface area contributed by atoms with E-state index in [2.05, 4.69) is 4.74 Å². The van der Waals surface area contributed by atoms with Crippen LogP contribution in [0, 0.1) is 41.0 Å². The largest absolute Gasteiger partial charge is 0.432 e. The first-order valence-corrected chi connectivity index (χ1v) is 13.4. The van der Waals surface area contributed by atoms with Crippen LogP contribution in [0.15, 0.2) is 24.3 Å². The summed E-state index contributed by atoms with van der Waals surface area (Å²) in [6.45, 7) is 1.90. The Morgan fingerprint density at radius 1 is 0.744 bits per heavy atom. The van der Waals surface area contributed by atoms with Crippen molar-refractivity contribution in [3.05, 3.63) is 64.2 Å². The third-order valence-corrected chi connectivity index (χ3v) is 8.39. The predicted molar refractivity (Wildman–Crippen MR) is 127 cm³/mol. The lowest BCUT2D eigenvalue weighted by molar-refractivity contribution is -0.224. The third-order valence-electron chi connectivity index (χ3n) is 8.39. The topological polar surface area (TPSA) is 9.23 Å². The molecule has 0 N–H and O–H groups in total. The number of alkyl halides is 5. The van der Waals surface area contributed by atoms with Gasteiger partial charge in [0.15, 0.2) is 11.6 Å². The Morgan fingerprint density at radius 2 is 1.28 bits per heavy atom. The molecule has 0 spiro atoms. The minimum atomic E-state index is -5.31. The number of aryl methyl sites for hydroxylation is 1. The minimum Gasteiger partial charge on any atom is -0.432 e. The molecule has 0 aromatic heterocycles. The van der Waals surface area contributed by atoms with Crippen LogP contribution >= 0.6 is 0 Å². The van der Waals surface area contributed by atoms with Crippen LogP contribution < -0.4 is 4.74 Å². The van der Waals surface area contributed by atoms with E-state index in [0.717, 1.165) is 12.8 Å². The Hall–Kier alpha value is -2.39. The van der Waals surface area contributed by atoms with E-state index in [0.29, 0.717) is 49.7 Å². The van der Waals surface area contributed by atoms with E-state index in [1.165, 1.54) is 0 Å². The van der Waals surface area contributed by atoms with Crippen LogP contribution in [0.2, 0.25) is 0 Å². The van der Waals surface area contributed by atoms with Crippen LogP contribution in [-0.4, -0.2) is 6.11 Å². The first-order valence-electron chi connectivity index (χ1n) is 13.4. The van der Waals surface area contributed by atoms with Crippen molar-refractivity contribution in [2.75, 3.05) is 0 Å². The molecule has 2 aliphatic rings. The first kappa shape index (κ1) is 29.6. The predicted octanol–water partition coefficient (Wildman–Crippen LogP) is 9.97. The quantitative estimate of drug-likeness (QED) is 0.303. The Bertz CT molecular complexity index is 1120. The Balaban J connectivity index is 1.31. The molecular formula is C29H31F9O. The van der Waals surface area contributed by atoms with Crippen LogP contribution in [-0.2, 0) is 12.6 Å². The molecule has 0 saturated heterocycles. The van der Waals surface area contributed by atoms with Crippen LogP contribution in [0.4, 0.5) is 39.5 Å². The second kappa shape index (κ2) is 11.6. The molecule has 2 aliphatic carbocycles. The SMILES string of the molecule is CCCc1ccc(C2CCC(C3CCC(C(F)(F)Oc4cc(F)c(C(F)(F)F)c(F)c4)CC3)CC2)c(F)c1F. The lowest BCUT2D eigenvalue weighted by Crippen LogP contribution is -2.38. The summed E-state index contributed by atoms with van der Waals surface area (Å²) in [5.74, 6) is -7.51. The van der Waals surface area contributed by atoms with E-state index < -0.39 is 52.8 Å². The van der Waals surface area contributed by atoms with E-state index in [1.807, 2.05) is 6.92 Å². The fourth-order valence-electron chi connectivity index (χ4n) is 6.33. The van der Waals surface area contributed by atoms with Gasteiger partial charge in [-0.15, -0.1) is 0 Å². The van der Waals surface area contributed by atoms with Crippen LogP contribution in [0.3, 0.4) is 0 Å². The molecule has 4 rings (SSSR count). The van der Waals surface area contributed by atoms with Crippen molar-refractivity contribution in [2.24, 2.45) is 17.8 Å². The number of ether oxygens (including phenoxy) is 1. The van der Waals surface area contributed by atoms with Crippen molar-refractivity contribution in [3.63, 3.8) is 0 Å². The summed E-state index contributed by atoms with van der Waals surface area (Å²) < 4.78 is 129. The van der Waals surface area contributed by atoms with Gasteiger partial charge in [0.2, 0.25) is 0 Å². The summed E-state index contributed by atoms with van der Waals surface area (Å²) in [5, 5.41) is 0. The Kier molecular flexibility index (Phi) is 8.81. The van der Waals surface area contributed by atoms with Crippen LogP contribution in [0.5, 0.6) is 5.75 Å². The molecule has 1 nitrogen and oxygen atoms in total. The molecule has 2 fully saturated rings. The maximum absolute atomic E-state index is 14.8. The summed E-state index contributed by atoms with van der Waals surface area (Å²) in [4.78, 5) is 0. The highest BCUT2D eigenvalue weighted by molar-refractivity contribution is 5.33. The molecule has 216 valence electrons. The molecular weight excluding hydrogens is 535 g/mol. The van der Waals surface area contributed by atoms with E-state index in [1.54, 1.807) is 12.1 Å². The van der Waals surface area contributed by atoms with Gasteiger partial charge in [0.05, 0.1) is 5.92 Å². The Morgan fingerprint density at radius 3 is 1.79 bits per heavy atom. The minimum absolute atomic E-state index is 0.0852. The molecule has 2 saturated carbocycles. The number of halogens is 9. The van der Waals surface area contributed by atoms with Gasteiger partial charge in [0.1, 0.15) is 22.9 Å². The Labute approximate surface area is 221 Å². The molecule has 39 heavy (non-hydrogen) atoms. The zero-order valence-corrected chi connectivity index (χ0v) is 21.5. The standard InChI is InChI=1S/C29H31F9O/c1-2-3-19-10-13-22(27(33)26(19)32)18-6-4-16(5-7-18)17-8-11-20(12-9-17)29(37,38)39-21-14-23(30)25(24(31)15-21)28(34,35)36/h10,13-18,20H,2-9,11-12H2,1H3. The van der Waals surface area contributed by atoms with E-state index in [9.17, 15) is 39.5 Å². The lowest BCUT2D eigenvalue weighted by atomic mass is 9.68. The molecule has 0 atom stereocenters. The van der Waals surface area contributed by atoms with E-state index in [-0.39, 0.29) is 42.7 Å². The highest BCUT2D eigenvalue weighted by Gasteiger charge is 2.46. The van der Waals surface area contributed by atoms with Gasteiger partial charge < -0.3 is 4.74 Å². The molecule has 0 bridgehead atoms. The van der Waals surface area contributed by atoms with Gasteiger partial charge >= 0.3 is 12.3 Å². The fourth-order valence-corrected chi connectivity index (χ4v) is 6.33. The third kappa shape index (κ3) is 6.51. The van der Waals surface area contributed by atoms with Crippen molar-refractivity contribution < 1.29 is 44.3 Å². The zero-order chi connectivity index (χ0) is 28.5. The number of hydrogen-bond donors (Lipinski definition) is 0. The van der Waals surface area contributed by atoms with E-state index in [4.69, 9.17) is 0 Å². The highest BCUT2D eigenvalue weighted by Crippen LogP contribution is 2.47. The molecule has 0 aliphatic heterocycles. The molecule has 2 aromatic rings. The van der Waals surface area contributed by atoms with Gasteiger partial charge in [-0.25, -0.2) is 17.6 Å². The highest BCUT2D eigenvalue weighted by atomic mass is 19.4. The summed E-state index contributed by atoms with van der Waals surface area (Å²) in [7, 11) is 0. The number of benzene rings is 2. The van der Waals surface area contributed by atoms with Gasteiger partial charge in [-0.05, 0) is 86.7 Å². The summed E-state index contributed by atoms with van der Waals surface area (Å²) in [5.41, 5.74) is -1.39. The van der Waals surface area contributed by atoms with Crippen LogP contribution in [0.25, 0.3) is 0 Å². The van der Waals surface area contributed by atoms with Gasteiger partial charge in [0, 0.05) is 12.1 Å². The van der Waals surface area contributed by atoms with Gasteiger partial charge in [-0.1, -0.05) is 25.5 Å². The smallest absolute Gasteiger partial charge is 0.422 e. The average Bonchev–Trinajstić information content (AvgIpc) is 2.86. The van der Waals surface area contributed by atoms with Crippen molar-refractivity contribution in [1.29, 1.82) is 0 Å². The van der Waals surface area contributed by atoms with Gasteiger partial charge in [-0.2, -0.15) is 22.0 Å². The second-order valence-corrected chi connectivity index (χ2v) is 10.8. The molecule has 0 amide bonds. The fraction of sp³-hybridized carbons (Fsp3) is 0.586. The summed E-state index contributed by atoms with van der Waals surface area (Å²) >= 11 is 0. The van der Waals surface area contributed by atoms with E-state index >= 15 is 0 Å². The zero-order valence-electron chi connectivity index (χ0n) is 21.5. The number of rotatable bonds is 7. The normalized spacial score (nSPS) is 24.6. The monoisotopic (exact) mass is 566 g/mol. The maximum atomic E-state index is 14.8. The second-order valence-electron chi connectivity index (χ2n) is 10.8. The number of hydrogen-bond acceptors (Lipinski definition) is 1. The molecule has 2 aromatic carbocycles. The molecule has 0 radical (unpaired) electrons. The average molecular weight is 567 g/mol.